The molecule has 2 aromatic heterocycles. The Labute approximate surface area is 149 Å². The van der Waals surface area contributed by atoms with Crippen LogP contribution in [0.25, 0.3) is 0 Å². The summed E-state index contributed by atoms with van der Waals surface area (Å²) in [4.78, 5) is 20.5. The van der Waals surface area contributed by atoms with Crippen molar-refractivity contribution in [3.63, 3.8) is 0 Å². The topological polar surface area (TPSA) is 76.1 Å². The molecule has 0 saturated carbocycles. The molecule has 0 saturated heterocycles. The molecule has 0 aliphatic heterocycles. The van der Waals surface area contributed by atoms with Crippen LogP contribution >= 0.6 is 11.3 Å². The zero-order valence-electron chi connectivity index (χ0n) is 13.7. The Morgan fingerprint density at radius 2 is 2.08 bits per heavy atom. The summed E-state index contributed by atoms with van der Waals surface area (Å²) in [6.07, 6.45) is 4.16. The summed E-state index contributed by atoms with van der Waals surface area (Å²) in [7, 11) is 1.64. The number of methoxy groups -OCH3 is 1. The van der Waals surface area contributed by atoms with E-state index in [-0.39, 0.29) is 5.91 Å². The van der Waals surface area contributed by atoms with Crippen LogP contribution in [0.4, 0.5) is 10.8 Å². The van der Waals surface area contributed by atoms with Gasteiger partial charge >= 0.3 is 0 Å². The quantitative estimate of drug-likeness (QED) is 0.681. The first-order chi connectivity index (χ1) is 12.2. The highest BCUT2D eigenvalue weighted by Gasteiger charge is 2.10. The maximum Gasteiger partial charge on any atom is 0.270 e. The molecule has 0 aliphatic rings. The van der Waals surface area contributed by atoms with E-state index in [2.05, 4.69) is 20.6 Å². The molecule has 1 aromatic carbocycles. The minimum Gasteiger partial charge on any atom is -0.497 e. The molecule has 0 aliphatic carbocycles. The van der Waals surface area contributed by atoms with Gasteiger partial charge in [0.25, 0.3) is 5.91 Å². The van der Waals surface area contributed by atoms with Crippen LogP contribution in [0.3, 0.4) is 0 Å². The Balaban J connectivity index is 1.49. The average molecular weight is 354 g/mol. The Morgan fingerprint density at radius 3 is 2.80 bits per heavy atom. The van der Waals surface area contributed by atoms with Gasteiger partial charge in [-0.3, -0.25) is 9.78 Å². The first-order valence-corrected chi connectivity index (χ1v) is 8.66. The van der Waals surface area contributed by atoms with Gasteiger partial charge in [-0.25, -0.2) is 4.98 Å². The normalized spacial score (nSPS) is 10.3. The average Bonchev–Trinajstić information content (AvgIpc) is 3.12. The number of rotatable bonds is 7. The standard InChI is InChI=1S/C18H18N4O2S/c1-24-15-6-4-13(5-7-15)8-10-20-17(23)16-12-25-18(22-16)21-14-3-2-9-19-11-14/h2-7,9,11-12H,8,10H2,1H3,(H,20,23)(H,21,22). The zero-order chi connectivity index (χ0) is 17.5. The molecule has 0 bridgehead atoms. The SMILES string of the molecule is COc1ccc(CCNC(=O)c2csc(Nc3cccnc3)n2)cc1. The van der Waals surface area contributed by atoms with Gasteiger partial charge in [-0.1, -0.05) is 12.1 Å². The van der Waals surface area contributed by atoms with E-state index >= 15 is 0 Å². The largest absolute Gasteiger partial charge is 0.497 e. The van der Waals surface area contributed by atoms with E-state index in [0.717, 1.165) is 23.4 Å². The molecule has 3 aromatic rings. The van der Waals surface area contributed by atoms with Crippen LogP contribution in [0.5, 0.6) is 5.75 Å². The van der Waals surface area contributed by atoms with E-state index in [4.69, 9.17) is 4.74 Å². The van der Waals surface area contributed by atoms with Crippen molar-refractivity contribution in [2.45, 2.75) is 6.42 Å². The van der Waals surface area contributed by atoms with Gasteiger partial charge in [-0.05, 0) is 36.2 Å². The molecule has 0 spiro atoms. The predicted octanol–water partition coefficient (Wildman–Crippen LogP) is 3.26. The Kier molecular flexibility index (Phi) is 5.58. The lowest BCUT2D eigenvalue weighted by atomic mass is 10.1. The number of carbonyl (C=O) groups excluding carboxylic acids is 1. The molecule has 0 atom stereocenters. The van der Waals surface area contributed by atoms with Crippen LogP contribution in [-0.2, 0) is 6.42 Å². The number of aromatic nitrogens is 2. The van der Waals surface area contributed by atoms with E-state index in [0.29, 0.717) is 17.4 Å². The van der Waals surface area contributed by atoms with Gasteiger partial charge in [0.15, 0.2) is 5.13 Å². The molecule has 0 fully saturated rings. The molecule has 7 heteroatoms. The third-order valence-electron chi connectivity index (χ3n) is 3.51. The predicted molar refractivity (Wildman–Crippen MR) is 98.7 cm³/mol. The molecule has 6 nitrogen and oxygen atoms in total. The van der Waals surface area contributed by atoms with Crippen molar-refractivity contribution < 1.29 is 9.53 Å². The highest BCUT2D eigenvalue weighted by molar-refractivity contribution is 7.14. The summed E-state index contributed by atoms with van der Waals surface area (Å²) < 4.78 is 5.13. The van der Waals surface area contributed by atoms with Gasteiger partial charge in [0.1, 0.15) is 11.4 Å². The maximum atomic E-state index is 12.2. The first kappa shape index (κ1) is 16.9. The van der Waals surface area contributed by atoms with Crippen molar-refractivity contribution in [2.24, 2.45) is 0 Å². The fourth-order valence-electron chi connectivity index (χ4n) is 2.20. The summed E-state index contributed by atoms with van der Waals surface area (Å²) in [6.45, 7) is 0.550. The number of pyridine rings is 1. The third-order valence-corrected chi connectivity index (χ3v) is 4.27. The van der Waals surface area contributed by atoms with Crippen LogP contribution in [0.2, 0.25) is 0 Å². The Morgan fingerprint density at radius 1 is 1.24 bits per heavy atom. The smallest absolute Gasteiger partial charge is 0.270 e. The lowest BCUT2D eigenvalue weighted by molar-refractivity contribution is 0.0950. The number of benzene rings is 1. The molecule has 2 N–H and O–H groups in total. The van der Waals surface area contributed by atoms with Gasteiger partial charge in [0, 0.05) is 18.1 Å². The number of nitrogens with one attached hydrogen (secondary N) is 2. The summed E-state index contributed by atoms with van der Waals surface area (Å²) in [5.41, 5.74) is 2.38. The number of hydrogen-bond acceptors (Lipinski definition) is 6. The fourth-order valence-corrected chi connectivity index (χ4v) is 2.91. The molecule has 25 heavy (non-hydrogen) atoms. The summed E-state index contributed by atoms with van der Waals surface area (Å²) in [6, 6.07) is 11.5. The van der Waals surface area contributed by atoms with Crippen molar-refractivity contribution in [3.8, 4) is 5.75 Å². The van der Waals surface area contributed by atoms with Crippen molar-refractivity contribution in [1.82, 2.24) is 15.3 Å². The van der Waals surface area contributed by atoms with Crippen LogP contribution in [0.15, 0.2) is 54.2 Å². The van der Waals surface area contributed by atoms with E-state index in [1.54, 1.807) is 24.9 Å². The Bertz CT molecular complexity index is 819. The first-order valence-electron chi connectivity index (χ1n) is 7.78. The van der Waals surface area contributed by atoms with Crippen molar-refractivity contribution in [1.29, 1.82) is 0 Å². The molecule has 1 amide bonds. The van der Waals surface area contributed by atoms with Crippen LogP contribution in [0, 0.1) is 0 Å². The molecule has 128 valence electrons. The van der Waals surface area contributed by atoms with E-state index in [1.807, 2.05) is 36.4 Å². The molecule has 0 radical (unpaired) electrons. The van der Waals surface area contributed by atoms with E-state index < -0.39 is 0 Å². The maximum absolute atomic E-state index is 12.2. The van der Waals surface area contributed by atoms with Gasteiger partial charge in [-0.2, -0.15) is 0 Å². The molecule has 3 rings (SSSR count). The molecular formula is C18H18N4O2S. The monoisotopic (exact) mass is 354 g/mol. The van der Waals surface area contributed by atoms with Gasteiger partial charge in [0.05, 0.1) is 19.0 Å². The van der Waals surface area contributed by atoms with Gasteiger partial charge in [-0.15, -0.1) is 11.3 Å². The number of amides is 1. The third kappa shape index (κ3) is 4.77. The summed E-state index contributed by atoms with van der Waals surface area (Å²) in [5, 5.41) is 8.41. The minimum absolute atomic E-state index is 0.177. The van der Waals surface area contributed by atoms with Gasteiger partial charge < -0.3 is 15.4 Å². The van der Waals surface area contributed by atoms with Crippen molar-refractivity contribution in [3.05, 3.63) is 65.4 Å². The van der Waals surface area contributed by atoms with Crippen LogP contribution < -0.4 is 15.4 Å². The Hall–Kier alpha value is -2.93. The summed E-state index contributed by atoms with van der Waals surface area (Å²) in [5.74, 6) is 0.646. The second-order valence-electron chi connectivity index (χ2n) is 5.26. The second kappa shape index (κ2) is 8.25. The van der Waals surface area contributed by atoms with Crippen LogP contribution in [-0.4, -0.2) is 29.5 Å². The second-order valence-corrected chi connectivity index (χ2v) is 6.12. The van der Waals surface area contributed by atoms with Crippen LogP contribution in [0.1, 0.15) is 16.1 Å². The molecular weight excluding hydrogens is 336 g/mol. The van der Waals surface area contributed by atoms with E-state index in [1.165, 1.54) is 11.3 Å². The highest BCUT2D eigenvalue weighted by atomic mass is 32.1. The lowest BCUT2D eigenvalue weighted by Gasteiger charge is -2.05. The number of hydrogen-bond donors (Lipinski definition) is 2. The molecule has 2 heterocycles. The van der Waals surface area contributed by atoms with Gasteiger partial charge in [0.2, 0.25) is 0 Å². The fraction of sp³-hybridized carbons (Fsp3) is 0.167. The number of nitrogens with zero attached hydrogens (tertiary/aromatic N) is 2. The zero-order valence-corrected chi connectivity index (χ0v) is 14.5. The summed E-state index contributed by atoms with van der Waals surface area (Å²) >= 11 is 1.38. The number of thiazole rings is 1. The number of ether oxygens (including phenoxy) is 1. The number of carbonyl (C=O) groups is 1. The van der Waals surface area contributed by atoms with E-state index in [9.17, 15) is 4.79 Å². The lowest BCUT2D eigenvalue weighted by Crippen LogP contribution is -2.25. The number of anilines is 2. The minimum atomic E-state index is -0.177. The van der Waals surface area contributed by atoms with Crippen molar-refractivity contribution in [2.75, 3.05) is 19.0 Å². The molecule has 0 unspecified atom stereocenters. The van der Waals surface area contributed by atoms with Crippen molar-refractivity contribution >= 4 is 28.1 Å². The highest BCUT2D eigenvalue weighted by Crippen LogP contribution is 2.20.